The van der Waals surface area contributed by atoms with Crippen molar-refractivity contribution in [2.75, 3.05) is 13.7 Å². The largest absolute Gasteiger partial charge is 0.490 e. The van der Waals surface area contributed by atoms with Crippen LogP contribution in [0.2, 0.25) is 0 Å². The summed E-state index contributed by atoms with van der Waals surface area (Å²) < 4.78 is 12.8. The van der Waals surface area contributed by atoms with Crippen LogP contribution in [0.15, 0.2) is 63.4 Å². The Labute approximate surface area is 255 Å². The number of allylic oxidation sites excluding steroid dienone is 4. The van der Waals surface area contributed by atoms with E-state index in [2.05, 4.69) is 48.5 Å². The van der Waals surface area contributed by atoms with E-state index < -0.39 is 10.8 Å². The Kier molecular flexibility index (Phi) is 7.85. The summed E-state index contributed by atoms with van der Waals surface area (Å²) in [4.78, 5) is 40.6. The molecule has 0 aromatic heterocycles. The van der Waals surface area contributed by atoms with Crippen LogP contribution >= 0.6 is 15.9 Å². The normalized spacial score (nSPS) is 19.9. The number of ether oxygens (including phenoxy) is 2. The van der Waals surface area contributed by atoms with Gasteiger partial charge in [-0.05, 0) is 69.8 Å². The first kappa shape index (κ1) is 30.0. The number of hydrogen-bond donors (Lipinski definition) is 0. The first-order valence-corrected chi connectivity index (χ1v) is 15.1. The summed E-state index contributed by atoms with van der Waals surface area (Å²) in [6.07, 6.45) is 2.33. The van der Waals surface area contributed by atoms with E-state index in [1.54, 1.807) is 12.1 Å². The van der Waals surface area contributed by atoms with Gasteiger partial charge in [0.05, 0.1) is 16.0 Å². The summed E-state index contributed by atoms with van der Waals surface area (Å²) in [6.45, 7) is 10.8. The molecular formula is C33H37BrN2O6. The molecule has 222 valence electrons. The number of non-ortho nitro benzene ring substituents is 1. The molecule has 8 nitrogen and oxygen atoms in total. The van der Waals surface area contributed by atoms with Gasteiger partial charge in [-0.25, -0.2) is 0 Å². The van der Waals surface area contributed by atoms with E-state index in [0.29, 0.717) is 52.1 Å². The van der Waals surface area contributed by atoms with Crippen LogP contribution in [-0.2, 0) is 16.2 Å². The van der Waals surface area contributed by atoms with Crippen LogP contribution in [0.25, 0.3) is 0 Å². The number of Topliss-reactive ketones (excluding diaryl/α,β-unsaturated/α-hetero) is 2. The standard InChI is InChI=1S/C33H37BrN2O6/c1-7-41-27-13-20(12-22(34)31(27)42-18-19-9-8-10-21(11-19)36(39)40)28-29-23(14-32(2,3)16-25(29)37)35(6)24-15-33(4,5)17-26(38)30(24)28/h8-13,28H,7,14-18H2,1-6H3. The summed E-state index contributed by atoms with van der Waals surface area (Å²) in [5.41, 5.74) is 4.45. The Morgan fingerprint density at radius 1 is 0.952 bits per heavy atom. The monoisotopic (exact) mass is 636 g/mol. The molecule has 1 heterocycles. The van der Waals surface area contributed by atoms with Gasteiger partial charge in [-0.15, -0.1) is 0 Å². The van der Waals surface area contributed by atoms with Gasteiger partial charge in [-0.3, -0.25) is 19.7 Å². The summed E-state index contributed by atoms with van der Waals surface area (Å²) >= 11 is 3.67. The first-order valence-electron chi connectivity index (χ1n) is 14.3. The van der Waals surface area contributed by atoms with Gasteiger partial charge < -0.3 is 14.4 Å². The van der Waals surface area contributed by atoms with Crippen LogP contribution in [-0.4, -0.2) is 35.0 Å². The van der Waals surface area contributed by atoms with Gasteiger partial charge in [-0.2, -0.15) is 0 Å². The summed E-state index contributed by atoms with van der Waals surface area (Å²) in [6, 6.07) is 10.1. The van der Waals surface area contributed by atoms with Gasteiger partial charge in [0.1, 0.15) is 6.61 Å². The second-order valence-electron chi connectivity index (χ2n) is 13.1. The van der Waals surface area contributed by atoms with Gasteiger partial charge in [-0.1, -0.05) is 39.8 Å². The molecule has 3 aliphatic rings. The van der Waals surface area contributed by atoms with Crippen molar-refractivity contribution in [3.8, 4) is 11.5 Å². The van der Waals surface area contributed by atoms with Crippen molar-refractivity contribution in [2.24, 2.45) is 10.8 Å². The van der Waals surface area contributed by atoms with Crippen molar-refractivity contribution in [3.05, 3.63) is 84.7 Å². The van der Waals surface area contributed by atoms with Gasteiger partial charge in [0.15, 0.2) is 23.1 Å². The molecule has 1 aliphatic heterocycles. The Morgan fingerprint density at radius 2 is 1.55 bits per heavy atom. The summed E-state index contributed by atoms with van der Waals surface area (Å²) in [7, 11) is 2.00. The maximum atomic E-state index is 13.8. The van der Waals surface area contributed by atoms with Crippen LogP contribution in [0, 0.1) is 20.9 Å². The second-order valence-corrected chi connectivity index (χ2v) is 13.9. The maximum Gasteiger partial charge on any atom is 0.269 e. The van der Waals surface area contributed by atoms with Gasteiger partial charge in [0, 0.05) is 60.5 Å². The van der Waals surface area contributed by atoms with Crippen molar-refractivity contribution >= 4 is 33.2 Å². The highest BCUT2D eigenvalue weighted by molar-refractivity contribution is 9.10. The molecule has 42 heavy (non-hydrogen) atoms. The van der Waals surface area contributed by atoms with Crippen molar-refractivity contribution < 1.29 is 24.0 Å². The molecule has 0 spiro atoms. The third-order valence-corrected chi connectivity index (χ3v) is 8.94. The predicted molar refractivity (Wildman–Crippen MR) is 163 cm³/mol. The number of carbonyl (C=O) groups is 2. The molecule has 2 aliphatic carbocycles. The van der Waals surface area contributed by atoms with E-state index in [9.17, 15) is 19.7 Å². The molecule has 0 radical (unpaired) electrons. The molecule has 0 amide bonds. The van der Waals surface area contributed by atoms with Crippen LogP contribution in [0.3, 0.4) is 0 Å². The molecule has 2 aromatic rings. The molecule has 0 unspecified atom stereocenters. The highest BCUT2D eigenvalue weighted by Crippen LogP contribution is 2.55. The molecule has 0 saturated heterocycles. The van der Waals surface area contributed by atoms with E-state index in [1.807, 2.05) is 26.1 Å². The highest BCUT2D eigenvalue weighted by Gasteiger charge is 2.48. The van der Waals surface area contributed by atoms with E-state index >= 15 is 0 Å². The molecule has 0 N–H and O–H groups in total. The zero-order chi connectivity index (χ0) is 30.6. The van der Waals surface area contributed by atoms with E-state index in [1.165, 1.54) is 12.1 Å². The average Bonchev–Trinajstić information content (AvgIpc) is 2.88. The second kappa shape index (κ2) is 11.0. The average molecular weight is 638 g/mol. The topological polar surface area (TPSA) is 99.0 Å². The lowest BCUT2D eigenvalue weighted by Gasteiger charge is -2.48. The van der Waals surface area contributed by atoms with E-state index in [-0.39, 0.29) is 34.7 Å². The van der Waals surface area contributed by atoms with Crippen LogP contribution < -0.4 is 9.47 Å². The van der Waals surface area contributed by atoms with Gasteiger partial charge in [0.2, 0.25) is 0 Å². The highest BCUT2D eigenvalue weighted by atomic mass is 79.9. The molecule has 0 fully saturated rings. The lowest BCUT2D eigenvalue weighted by molar-refractivity contribution is -0.384. The summed E-state index contributed by atoms with van der Waals surface area (Å²) in [5.74, 6) is 0.572. The third-order valence-electron chi connectivity index (χ3n) is 8.35. The molecule has 0 saturated carbocycles. The maximum absolute atomic E-state index is 13.8. The number of nitro groups is 1. The van der Waals surface area contributed by atoms with E-state index in [4.69, 9.17) is 9.47 Å². The first-order chi connectivity index (χ1) is 19.7. The Bertz CT molecular complexity index is 1500. The Morgan fingerprint density at radius 3 is 2.10 bits per heavy atom. The number of nitrogens with zero attached hydrogens (tertiary/aromatic N) is 2. The fourth-order valence-electron chi connectivity index (χ4n) is 6.57. The number of carbonyl (C=O) groups excluding carboxylic acids is 2. The fourth-order valence-corrected chi connectivity index (χ4v) is 7.15. The minimum atomic E-state index is -0.500. The number of hydrogen-bond acceptors (Lipinski definition) is 7. The minimum absolute atomic E-state index is 0.00776. The molecule has 2 aromatic carbocycles. The molecule has 5 rings (SSSR count). The number of rotatable bonds is 7. The minimum Gasteiger partial charge on any atom is -0.490 e. The van der Waals surface area contributed by atoms with Crippen molar-refractivity contribution in [1.29, 1.82) is 0 Å². The Hall–Kier alpha value is -3.46. The van der Waals surface area contributed by atoms with Crippen LogP contribution in [0.4, 0.5) is 5.69 Å². The van der Waals surface area contributed by atoms with Crippen molar-refractivity contribution in [3.63, 3.8) is 0 Å². The molecule has 0 atom stereocenters. The van der Waals surface area contributed by atoms with E-state index in [0.717, 1.165) is 29.8 Å². The van der Waals surface area contributed by atoms with Crippen LogP contribution in [0.1, 0.15) is 77.3 Å². The smallest absolute Gasteiger partial charge is 0.269 e. The van der Waals surface area contributed by atoms with Gasteiger partial charge in [0.25, 0.3) is 5.69 Å². The summed E-state index contributed by atoms with van der Waals surface area (Å²) in [5, 5.41) is 11.2. The number of ketones is 2. The zero-order valence-corrected chi connectivity index (χ0v) is 26.6. The molecule has 9 heteroatoms. The molecular weight excluding hydrogens is 600 g/mol. The van der Waals surface area contributed by atoms with Crippen LogP contribution in [0.5, 0.6) is 11.5 Å². The number of benzene rings is 2. The Balaban J connectivity index is 1.62. The lowest BCUT2D eigenvalue weighted by atomic mass is 9.64. The molecule has 0 bridgehead atoms. The van der Waals surface area contributed by atoms with Crippen molar-refractivity contribution in [1.82, 2.24) is 4.90 Å². The SMILES string of the molecule is CCOc1cc(C2C3=C(CC(C)(C)CC3=O)N(C)C3=C2C(=O)CC(C)(C)C3)cc(Br)c1OCc1cccc([N+](=O)[O-])c1. The predicted octanol–water partition coefficient (Wildman–Crippen LogP) is 7.65. The van der Waals surface area contributed by atoms with Crippen molar-refractivity contribution in [2.45, 2.75) is 72.8 Å². The quantitative estimate of drug-likeness (QED) is 0.227. The number of nitro benzene ring substituents is 1. The zero-order valence-electron chi connectivity index (χ0n) is 25.0. The fraction of sp³-hybridized carbons (Fsp3) is 0.455. The number of halogens is 1. The lowest BCUT2D eigenvalue weighted by Crippen LogP contribution is -2.43. The van der Waals surface area contributed by atoms with Gasteiger partial charge >= 0.3 is 0 Å². The third kappa shape index (κ3) is 5.63.